The van der Waals surface area contributed by atoms with Crippen molar-refractivity contribution in [3.8, 4) is 0 Å². The molecule has 0 saturated heterocycles. The summed E-state index contributed by atoms with van der Waals surface area (Å²) >= 11 is 0. The highest BCUT2D eigenvalue weighted by atomic mass is 19.2. The quantitative estimate of drug-likeness (QED) is 0.831. The number of hydrogen-bond donors (Lipinski definition) is 1. The molecule has 1 atom stereocenters. The number of hydrogen-bond acceptors (Lipinski definition) is 2. The SMILES string of the molecule is CCCCC(N)C(=O)Cc1cccc(F)c1F. The maximum Gasteiger partial charge on any atom is 0.162 e. The Labute approximate surface area is 99.8 Å². The van der Waals surface area contributed by atoms with Gasteiger partial charge in [-0.1, -0.05) is 31.9 Å². The monoisotopic (exact) mass is 241 g/mol. The molecule has 1 unspecified atom stereocenters. The Kier molecular flexibility index (Phi) is 5.22. The largest absolute Gasteiger partial charge is 0.321 e. The number of unbranched alkanes of at least 4 members (excludes halogenated alkanes) is 1. The minimum absolute atomic E-state index is 0.0712. The number of ketones is 1. The van der Waals surface area contributed by atoms with Gasteiger partial charge in [-0.15, -0.1) is 0 Å². The van der Waals surface area contributed by atoms with Crippen molar-refractivity contribution in [2.75, 3.05) is 0 Å². The molecule has 0 bridgehead atoms. The summed E-state index contributed by atoms with van der Waals surface area (Å²) in [7, 11) is 0. The summed E-state index contributed by atoms with van der Waals surface area (Å²) < 4.78 is 26.2. The van der Waals surface area contributed by atoms with Crippen molar-refractivity contribution >= 4 is 5.78 Å². The van der Waals surface area contributed by atoms with Gasteiger partial charge in [0, 0.05) is 6.42 Å². The van der Waals surface area contributed by atoms with Crippen LogP contribution in [0.15, 0.2) is 18.2 Å². The molecule has 1 aromatic rings. The molecule has 94 valence electrons. The van der Waals surface area contributed by atoms with Gasteiger partial charge in [0.2, 0.25) is 0 Å². The lowest BCUT2D eigenvalue weighted by Crippen LogP contribution is -2.31. The van der Waals surface area contributed by atoms with Crippen LogP contribution in [0.2, 0.25) is 0 Å². The van der Waals surface area contributed by atoms with Gasteiger partial charge in [-0.2, -0.15) is 0 Å². The zero-order valence-electron chi connectivity index (χ0n) is 9.88. The van der Waals surface area contributed by atoms with Crippen LogP contribution in [0.3, 0.4) is 0 Å². The standard InChI is InChI=1S/C13H17F2NO/c1-2-3-7-11(16)12(17)8-9-5-4-6-10(14)13(9)15/h4-6,11H,2-3,7-8,16H2,1H3. The summed E-state index contributed by atoms with van der Waals surface area (Å²) in [6.07, 6.45) is 2.26. The summed E-state index contributed by atoms with van der Waals surface area (Å²) in [4.78, 5) is 11.7. The van der Waals surface area contributed by atoms with Gasteiger partial charge < -0.3 is 5.73 Å². The molecule has 0 saturated carbocycles. The maximum absolute atomic E-state index is 13.3. The summed E-state index contributed by atoms with van der Waals surface area (Å²) in [6.45, 7) is 2.00. The van der Waals surface area contributed by atoms with E-state index in [1.54, 1.807) is 0 Å². The van der Waals surface area contributed by atoms with E-state index in [2.05, 4.69) is 0 Å². The third-order valence-electron chi connectivity index (χ3n) is 2.68. The molecule has 0 radical (unpaired) electrons. The number of Topliss-reactive ketones (excluding diaryl/α,β-unsaturated/α-hetero) is 1. The Balaban J connectivity index is 2.64. The zero-order valence-corrected chi connectivity index (χ0v) is 9.88. The molecule has 0 aliphatic carbocycles. The van der Waals surface area contributed by atoms with Crippen molar-refractivity contribution in [2.24, 2.45) is 5.73 Å². The Morgan fingerprint density at radius 1 is 1.41 bits per heavy atom. The molecule has 0 aromatic heterocycles. The number of carbonyl (C=O) groups excluding carboxylic acids is 1. The number of halogens is 2. The third-order valence-corrected chi connectivity index (χ3v) is 2.68. The van der Waals surface area contributed by atoms with Gasteiger partial charge in [0.1, 0.15) is 0 Å². The normalized spacial score (nSPS) is 12.5. The van der Waals surface area contributed by atoms with E-state index < -0.39 is 17.7 Å². The van der Waals surface area contributed by atoms with Gasteiger partial charge in [0.05, 0.1) is 6.04 Å². The molecule has 0 aliphatic heterocycles. The molecule has 0 amide bonds. The molecular weight excluding hydrogens is 224 g/mol. The maximum atomic E-state index is 13.3. The van der Waals surface area contributed by atoms with Crippen LogP contribution in [0.25, 0.3) is 0 Å². The van der Waals surface area contributed by atoms with Crippen molar-refractivity contribution in [1.29, 1.82) is 0 Å². The Bertz CT molecular complexity index is 393. The highest BCUT2D eigenvalue weighted by Gasteiger charge is 2.16. The first kappa shape index (κ1) is 13.8. The fourth-order valence-electron chi connectivity index (χ4n) is 1.59. The third kappa shape index (κ3) is 3.89. The molecular formula is C13H17F2NO. The van der Waals surface area contributed by atoms with Gasteiger partial charge in [0.15, 0.2) is 17.4 Å². The van der Waals surface area contributed by atoms with Gasteiger partial charge >= 0.3 is 0 Å². The van der Waals surface area contributed by atoms with Crippen LogP contribution in [0.1, 0.15) is 31.7 Å². The number of nitrogens with two attached hydrogens (primary N) is 1. The molecule has 4 heteroatoms. The summed E-state index contributed by atoms with van der Waals surface area (Å²) in [5.74, 6) is -2.14. The zero-order chi connectivity index (χ0) is 12.8. The van der Waals surface area contributed by atoms with Crippen molar-refractivity contribution in [3.63, 3.8) is 0 Å². The van der Waals surface area contributed by atoms with Crippen molar-refractivity contribution in [1.82, 2.24) is 0 Å². The highest BCUT2D eigenvalue weighted by molar-refractivity contribution is 5.85. The average Bonchev–Trinajstić information content (AvgIpc) is 2.31. The van der Waals surface area contributed by atoms with Crippen LogP contribution in [0.4, 0.5) is 8.78 Å². The lowest BCUT2D eigenvalue weighted by atomic mass is 10.00. The molecule has 0 heterocycles. The van der Waals surface area contributed by atoms with Crippen LogP contribution >= 0.6 is 0 Å². The van der Waals surface area contributed by atoms with E-state index in [4.69, 9.17) is 5.73 Å². The van der Waals surface area contributed by atoms with Crippen LogP contribution in [-0.4, -0.2) is 11.8 Å². The van der Waals surface area contributed by atoms with E-state index in [0.717, 1.165) is 18.9 Å². The van der Waals surface area contributed by atoms with E-state index in [0.29, 0.717) is 6.42 Å². The fourth-order valence-corrected chi connectivity index (χ4v) is 1.59. The second-order valence-corrected chi connectivity index (χ2v) is 4.10. The number of rotatable bonds is 6. The first-order chi connectivity index (χ1) is 8.06. The van der Waals surface area contributed by atoms with E-state index in [-0.39, 0.29) is 17.8 Å². The van der Waals surface area contributed by atoms with E-state index in [9.17, 15) is 13.6 Å². The summed E-state index contributed by atoms with van der Waals surface area (Å²) in [5.41, 5.74) is 5.74. The number of carbonyl (C=O) groups is 1. The molecule has 17 heavy (non-hydrogen) atoms. The Morgan fingerprint density at radius 3 is 2.76 bits per heavy atom. The molecule has 2 N–H and O–H groups in total. The van der Waals surface area contributed by atoms with E-state index in [1.165, 1.54) is 12.1 Å². The van der Waals surface area contributed by atoms with E-state index in [1.807, 2.05) is 6.92 Å². The molecule has 2 nitrogen and oxygen atoms in total. The van der Waals surface area contributed by atoms with Crippen LogP contribution < -0.4 is 5.73 Å². The first-order valence-electron chi connectivity index (χ1n) is 5.77. The smallest absolute Gasteiger partial charge is 0.162 e. The van der Waals surface area contributed by atoms with Crippen molar-refractivity contribution < 1.29 is 13.6 Å². The van der Waals surface area contributed by atoms with Gasteiger partial charge in [-0.3, -0.25) is 4.79 Å². The summed E-state index contributed by atoms with van der Waals surface area (Å²) in [5, 5.41) is 0. The van der Waals surface area contributed by atoms with Gasteiger partial charge in [0.25, 0.3) is 0 Å². The van der Waals surface area contributed by atoms with E-state index >= 15 is 0 Å². The fraction of sp³-hybridized carbons (Fsp3) is 0.462. The molecule has 1 aromatic carbocycles. The van der Waals surface area contributed by atoms with Gasteiger partial charge in [-0.25, -0.2) is 8.78 Å². The minimum atomic E-state index is -0.955. The molecule has 0 spiro atoms. The highest BCUT2D eigenvalue weighted by Crippen LogP contribution is 2.13. The first-order valence-corrected chi connectivity index (χ1v) is 5.77. The lowest BCUT2D eigenvalue weighted by molar-refractivity contribution is -0.119. The topological polar surface area (TPSA) is 43.1 Å². The Morgan fingerprint density at radius 2 is 2.12 bits per heavy atom. The second kappa shape index (κ2) is 6.45. The number of benzene rings is 1. The Hall–Kier alpha value is -1.29. The van der Waals surface area contributed by atoms with Crippen molar-refractivity contribution in [2.45, 2.75) is 38.6 Å². The summed E-state index contributed by atoms with van der Waals surface area (Å²) in [6, 6.07) is 3.24. The minimum Gasteiger partial charge on any atom is -0.321 e. The lowest BCUT2D eigenvalue weighted by Gasteiger charge is -2.10. The van der Waals surface area contributed by atoms with Crippen LogP contribution in [-0.2, 0) is 11.2 Å². The predicted molar refractivity (Wildman–Crippen MR) is 62.6 cm³/mol. The molecule has 0 fully saturated rings. The predicted octanol–water partition coefficient (Wildman–Crippen LogP) is 2.59. The van der Waals surface area contributed by atoms with Crippen LogP contribution in [0.5, 0.6) is 0 Å². The molecule has 0 aliphatic rings. The second-order valence-electron chi connectivity index (χ2n) is 4.10. The average molecular weight is 241 g/mol. The van der Waals surface area contributed by atoms with Crippen LogP contribution in [0, 0.1) is 11.6 Å². The van der Waals surface area contributed by atoms with Gasteiger partial charge in [-0.05, 0) is 18.1 Å². The molecule has 1 rings (SSSR count). The van der Waals surface area contributed by atoms with Crippen molar-refractivity contribution in [3.05, 3.63) is 35.4 Å².